The second-order valence-electron chi connectivity index (χ2n) is 3.52. The molecule has 14 heavy (non-hydrogen) atoms. The van der Waals surface area contributed by atoms with Crippen LogP contribution in [0.25, 0.3) is 6.08 Å². The third-order valence-electron chi connectivity index (χ3n) is 1.74. The fraction of sp³-hybridized carbons (Fsp3) is 0.273. The molecule has 0 saturated carbocycles. The fourth-order valence-corrected chi connectivity index (χ4v) is 1.51. The highest BCUT2D eigenvalue weighted by atomic mass is 31.2. The maximum atomic E-state index is 11.4. The standard InChI is InChI=1S/C11H15O2P/c1-13-11-6-4-10(5-7-11)8-9-14(2,3)12/h4-9H,1-3H3/b9-8+. The van der Waals surface area contributed by atoms with Crippen LogP contribution in [-0.2, 0) is 4.57 Å². The average Bonchev–Trinajstić information content (AvgIpc) is 2.14. The molecule has 0 unspecified atom stereocenters. The van der Waals surface area contributed by atoms with Gasteiger partial charge in [0.05, 0.1) is 7.11 Å². The van der Waals surface area contributed by atoms with Crippen molar-refractivity contribution < 1.29 is 9.30 Å². The van der Waals surface area contributed by atoms with E-state index in [4.69, 9.17) is 4.74 Å². The van der Waals surface area contributed by atoms with Crippen LogP contribution in [0.5, 0.6) is 5.75 Å². The zero-order chi connectivity index (χ0) is 10.6. The van der Waals surface area contributed by atoms with Gasteiger partial charge in [-0.1, -0.05) is 18.2 Å². The lowest BCUT2D eigenvalue weighted by atomic mass is 10.2. The molecule has 1 aromatic carbocycles. The summed E-state index contributed by atoms with van der Waals surface area (Å²) in [5.74, 6) is 2.59. The lowest BCUT2D eigenvalue weighted by Gasteiger charge is -2.00. The summed E-state index contributed by atoms with van der Waals surface area (Å²) >= 11 is 0. The van der Waals surface area contributed by atoms with E-state index in [0.717, 1.165) is 11.3 Å². The SMILES string of the molecule is COc1ccc(/C=C/P(C)(C)=O)cc1. The van der Waals surface area contributed by atoms with Crippen molar-refractivity contribution in [2.24, 2.45) is 0 Å². The van der Waals surface area contributed by atoms with Gasteiger partial charge in [-0.3, -0.25) is 0 Å². The molecule has 0 fully saturated rings. The average molecular weight is 210 g/mol. The van der Waals surface area contributed by atoms with Gasteiger partial charge in [-0.2, -0.15) is 0 Å². The summed E-state index contributed by atoms with van der Waals surface area (Å²) < 4.78 is 16.4. The number of methoxy groups -OCH3 is 1. The second-order valence-corrected chi connectivity index (χ2v) is 6.69. The molecule has 0 radical (unpaired) electrons. The molecule has 0 saturated heterocycles. The van der Waals surface area contributed by atoms with Gasteiger partial charge in [-0.15, -0.1) is 0 Å². The minimum absolute atomic E-state index is 0.832. The predicted molar refractivity (Wildman–Crippen MR) is 61.5 cm³/mol. The summed E-state index contributed by atoms with van der Waals surface area (Å²) in [5, 5.41) is 0. The molecule has 0 spiro atoms. The van der Waals surface area contributed by atoms with E-state index in [-0.39, 0.29) is 0 Å². The van der Waals surface area contributed by atoms with E-state index >= 15 is 0 Å². The Hall–Kier alpha value is -1.01. The maximum Gasteiger partial charge on any atom is 0.118 e. The van der Waals surface area contributed by atoms with Gasteiger partial charge in [-0.25, -0.2) is 0 Å². The van der Waals surface area contributed by atoms with Gasteiger partial charge in [0.25, 0.3) is 0 Å². The highest BCUT2D eigenvalue weighted by Gasteiger charge is 1.99. The van der Waals surface area contributed by atoms with Gasteiger partial charge in [0.1, 0.15) is 12.9 Å². The van der Waals surface area contributed by atoms with Gasteiger partial charge in [0.2, 0.25) is 0 Å². The number of benzene rings is 1. The zero-order valence-corrected chi connectivity index (χ0v) is 9.62. The first-order valence-corrected chi connectivity index (χ1v) is 7.06. The molecular weight excluding hydrogens is 195 g/mol. The number of hydrogen-bond acceptors (Lipinski definition) is 2. The lowest BCUT2D eigenvalue weighted by molar-refractivity contribution is 0.415. The Labute approximate surface area is 85.0 Å². The Kier molecular flexibility index (Phi) is 3.54. The van der Waals surface area contributed by atoms with Crippen LogP contribution in [0.3, 0.4) is 0 Å². The van der Waals surface area contributed by atoms with Crippen molar-refractivity contribution in [2.45, 2.75) is 0 Å². The summed E-state index contributed by atoms with van der Waals surface area (Å²) in [6.07, 6.45) is 1.88. The molecule has 1 aromatic rings. The first-order valence-electron chi connectivity index (χ1n) is 4.39. The molecule has 0 amide bonds. The van der Waals surface area contributed by atoms with E-state index in [2.05, 4.69) is 0 Å². The Balaban J connectivity index is 2.79. The smallest absolute Gasteiger partial charge is 0.118 e. The zero-order valence-electron chi connectivity index (χ0n) is 8.73. The molecule has 0 heterocycles. The van der Waals surface area contributed by atoms with Gasteiger partial charge in [0.15, 0.2) is 0 Å². The maximum absolute atomic E-state index is 11.4. The second kappa shape index (κ2) is 4.47. The molecule has 3 heteroatoms. The Morgan fingerprint density at radius 1 is 1.21 bits per heavy atom. The van der Waals surface area contributed by atoms with Crippen molar-refractivity contribution in [1.29, 1.82) is 0 Å². The van der Waals surface area contributed by atoms with E-state index in [1.54, 1.807) is 26.3 Å². The molecule has 0 aliphatic rings. The van der Waals surface area contributed by atoms with Crippen LogP contribution >= 0.6 is 7.14 Å². The van der Waals surface area contributed by atoms with E-state index in [1.807, 2.05) is 30.3 Å². The molecule has 0 atom stereocenters. The summed E-state index contributed by atoms with van der Waals surface area (Å²) in [6.45, 7) is 3.49. The topological polar surface area (TPSA) is 26.3 Å². The van der Waals surface area contributed by atoms with Crippen LogP contribution in [0.1, 0.15) is 5.56 Å². The van der Waals surface area contributed by atoms with Crippen molar-refractivity contribution in [3.05, 3.63) is 35.6 Å². The summed E-state index contributed by atoms with van der Waals surface area (Å²) in [4.78, 5) is 0. The summed E-state index contributed by atoms with van der Waals surface area (Å²) in [6, 6.07) is 7.64. The predicted octanol–water partition coefficient (Wildman–Crippen LogP) is 3.29. The number of rotatable bonds is 3. The normalized spacial score (nSPS) is 11.9. The van der Waals surface area contributed by atoms with Crippen molar-refractivity contribution in [1.82, 2.24) is 0 Å². The first kappa shape index (κ1) is 11.1. The van der Waals surface area contributed by atoms with E-state index in [0.29, 0.717) is 0 Å². The van der Waals surface area contributed by atoms with Crippen LogP contribution in [0, 0.1) is 0 Å². The Bertz CT molecular complexity index is 359. The summed E-state index contributed by atoms with van der Waals surface area (Å²) in [5.41, 5.74) is 1.04. The molecule has 0 aliphatic carbocycles. The molecular formula is C11H15O2P. The van der Waals surface area contributed by atoms with Gasteiger partial charge >= 0.3 is 0 Å². The van der Waals surface area contributed by atoms with Crippen LogP contribution in [0.4, 0.5) is 0 Å². The fourth-order valence-electron chi connectivity index (χ4n) is 0.981. The number of ether oxygens (including phenoxy) is 1. The highest BCUT2D eigenvalue weighted by Crippen LogP contribution is 2.38. The molecule has 0 bridgehead atoms. The van der Waals surface area contributed by atoms with Crippen LogP contribution in [0.15, 0.2) is 30.1 Å². The molecule has 2 nitrogen and oxygen atoms in total. The van der Waals surface area contributed by atoms with Crippen molar-refractivity contribution >= 4 is 13.2 Å². The number of hydrogen-bond donors (Lipinski definition) is 0. The van der Waals surface area contributed by atoms with E-state index < -0.39 is 7.14 Å². The minimum atomic E-state index is -2.06. The van der Waals surface area contributed by atoms with Crippen molar-refractivity contribution in [3.63, 3.8) is 0 Å². The monoisotopic (exact) mass is 210 g/mol. The van der Waals surface area contributed by atoms with Gasteiger partial charge in [-0.05, 0) is 36.8 Å². The minimum Gasteiger partial charge on any atom is -0.497 e. The van der Waals surface area contributed by atoms with Crippen molar-refractivity contribution in [3.8, 4) is 5.75 Å². The Morgan fingerprint density at radius 3 is 2.21 bits per heavy atom. The van der Waals surface area contributed by atoms with Gasteiger partial charge < -0.3 is 9.30 Å². The van der Waals surface area contributed by atoms with E-state index in [1.165, 1.54) is 0 Å². The molecule has 76 valence electrons. The van der Waals surface area contributed by atoms with Gasteiger partial charge in [0, 0.05) is 0 Å². The molecule has 0 aromatic heterocycles. The van der Waals surface area contributed by atoms with E-state index in [9.17, 15) is 4.57 Å². The molecule has 0 aliphatic heterocycles. The molecule has 0 N–H and O–H groups in total. The largest absolute Gasteiger partial charge is 0.497 e. The Morgan fingerprint density at radius 2 is 1.79 bits per heavy atom. The highest BCUT2D eigenvalue weighted by molar-refractivity contribution is 7.65. The first-order chi connectivity index (χ1) is 6.51. The van der Waals surface area contributed by atoms with Crippen molar-refractivity contribution in [2.75, 3.05) is 20.4 Å². The third-order valence-corrected chi connectivity index (χ3v) is 2.61. The van der Waals surface area contributed by atoms with Crippen LogP contribution in [0.2, 0.25) is 0 Å². The van der Waals surface area contributed by atoms with Crippen LogP contribution in [-0.4, -0.2) is 20.4 Å². The summed E-state index contributed by atoms with van der Waals surface area (Å²) in [7, 11) is -0.426. The quantitative estimate of drug-likeness (QED) is 0.715. The third kappa shape index (κ3) is 3.80. The molecule has 1 rings (SSSR count). The lowest BCUT2D eigenvalue weighted by Crippen LogP contribution is -1.81. The van der Waals surface area contributed by atoms with Crippen LogP contribution < -0.4 is 4.74 Å².